The Bertz CT molecular complexity index is 695. The molecule has 3 N–H and O–H groups in total. The van der Waals surface area contributed by atoms with E-state index < -0.39 is 10.0 Å². The van der Waals surface area contributed by atoms with Gasteiger partial charge in [0.05, 0.1) is 18.2 Å². The second-order valence-corrected chi connectivity index (χ2v) is 6.27. The van der Waals surface area contributed by atoms with Gasteiger partial charge in [0.15, 0.2) is 5.03 Å². The Morgan fingerprint density at radius 1 is 1.37 bits per heavy atom. The van der Waals surface area contributed by atoms with Gasteiger partial charge < -0.3 is 10.7 Å². The zero-order chi connectivity index (χ0) is 13.5. The predicted octanol–water partition coefficient (Wildman–Crippen LogP) is 1.13. The first-order valence-corrected chi connectivity index (χ1v) is 7.43. The maximum Gasteiger partial charge on any atom is 0.281 e. The third-order valence-electron chi connectivity index (χ3n) is 3.29. The summed E-state index contributed by atoms with van der Waals surface area (Å²) in [5, 5.41) is 0.0998. The van der Waals surface area contributed by atoms with Crippen molar-refractivity contribution in [3.63, 3.8) is 0 Å². The molecule has 0 radical (unpaired) electrons. The molecule has 0 amide bonds. The van der Waals surface area contributed by atoms with E-state index in [-0.39, 0.29) is 5.03 Å². The van der Waals surface area contributed by atoms with E-state index in [0.29, 0.717) is 17.9 Å². The molecule has 100 valence electrons. The van der Waals surface area contributed by atoms with Gasteiger partial charge in [-0.2, -0.15) is 8.42 Å². The summed E-state index contributed by atoms with van der Waals surface area (Å²) in [6, 6.07) is 5.36. The lowest BCUT2D eigenvalue weighted by Crippen LogP contribution is -2.35. The number of aromatic amines is 1. The van der Waals surface area contributed by atoms with E-state index in [9.17, 15) is 8.42 Å². The molecule has 1 aliphatic heterocycles. The van der Waals surface area contributed by atoms with Gasteiger partial charge in [-0.05, 0) is 30.5 Å². The minimum Gasteiger partial charge on any atom is -0.398 e. The van der Waals surface area contributed by atoms with E-state index in [4.69, 9.17) is 5.73 Å². The molecule has 19 heavy (non-hydrogen) atoms. The van der Waals surface area contributed by atoms with Crippen molar-refractivity contribution in [2.24, 2.45) is 0 Å². The lowest BCUT2D eigenvalue weighted by molar-refractivity contribution is 0.583. The van der Waals surface area contributed by atoms with Crippen molar-refractivity contribution in [3.05, 3.63) is 36.3 Å². The van der Waals surface area contributed by atoms with Crippen molar-refractivity contribution in [2.75, 3.05) is 16.6 Å². The Kier molecular flexibility index (Phi) is 2.70. The summed E-state index contributed by atoms with van der Waals surface area (Å²) in [4.78, 5) is 6.42. The number of imidazole rings is 1. The van der Waals surface area contributed by atoms with E-state index in [1.54, 1.807) is 18.2 Å². The molecule has 0 atom stereocenters. The highest BCUT2D eigenvalue weighted by molar-refractivity contribution is 7.92. The van der Waals surface area contributed by atoms with E-state index in [2.05, 4.69) is 9.97 Å². The number of benzene rings is 1. The fraction of sp³-hybridized carbons (Fsp3) is 0.250. The number of rotatable bonds is 2. The van der Waals surface area contributed by atoms with Crippen LogP contribution in [0.3, 0.4) is 0 Å². The van der Waals surface area contributed by atoms with E-state index in [1.807, 2.05) is 0 Å². The van der Waals surface area contributed by atoms with Crippen LogP contribution in [0.1, 0.15) is 12.0 Å². The van der Waals surface area contributed by atoms with Crippen molar-refractivity contribution in [2.45, 2.75) is 17.9 Å². The zero-order valence-corrected chi connectivity index (χ0v) is 11.0. The molecule has 2 aromatic rings. The summed E-state index contributed by atoms with van der Waals surface area (Å²) < 4.78 is 26.5. The van der Waals surface area contributed by atoms with Gasteiger partial charge in [-0.1, -0.05) is 6.07 Å². The number of nitrogens with two attached hydrogens (primary N) is 1. The second kappa shape index (κ2) is 4.27. The number of hydrogen-bond acceptors (Lipinski definition) is 4. The first kappa shape index (κ1) is 12.0. The average molecular weight is 278 g/mol. The molecule has 0 saturated carbocycles. The fourth-order valence-corrected chi connectivity index (χ4v) is 3.80. The summed E-state index contributed by atoms with van der Waals surface area (Å²) in [7, 11) is -3.59. The number of anilines is 2. The quantitative estimate of drug-likeness (QED) is 0.805. The van der Waals surface area contributed by atoms with Gasteiger partial charge in [-0.15, -0.1) is 0 Å². The highest BCUT2D eigenvalue weighted by Gasteiger charge is 2.30. The van der Waals surface area contributed by atoms with E-state index >= 15 is 0 Å². The molecule has 3 rings (SSSR count). The van der Waals surface area contributed by atoms with Crippen LogP contribution in [0.15, 0.2) is 35.7 Å². The fourth-order valence-electron chi connectivity index (χ4n) is 2.37. The van der Waals surface area contributed by atoms with Crippen LogP contribution in [-0.2, 0) is 16.4 Å². The lowest BCUT2D eigenvalue weighted by atomic mass is 10.0. The van der Waals surface area contributed by atoms with Crippen LogP contribution in [0.4, 0.5) is 11.4 Å². The molecule has 1 aromatic heterocycles. The number of sulfonamides is 1. The number of H-pyrrole nitrogens is 1. The first-order chi connectivity index (χ1) is 9.10. The number of nitrogens with zero attached hydrogens (tertiary/aromatic N) is 2. The summed E-state index contributed by atoms with van der Waals surface area (Å²) >= 11 is 0. The van der Waals surface area contributed by atoms with E-state index in [0.717, 1.165) is 18.4 Å². The third-order valence-corrected chi connectivity index (χ3v) is 5.02. The summed E-state index contributed by atoms with van der Waals surface area (Å²) in [6.07, 6.45) is 4.23. The van der Waals surface area contributed by atoms with Crippen LogP contribution in [0, 0.1) is 0 Å². The minimum atomic E-state index is -3.59. The van der Waals surface area contributed by atoms with Crippen LogP contribution in [0.2, 0.25) is 0 Å². The molecule has 0 bridgehead atoms. The topological polar surface area (TPSA) is 92.1 Å². The zero-order valence-electron chi connectivity index (χ0n) is 10.2. The van der Waals surface area contributed by atoms with Gasteiger partial charge in [0.1, 0.15) is 0 Å². The van der Waals surface area contributed by atoms with Gasteiger partial charge >= 0.3 is 0 Å². The van der Waals surface area contributed by atoms with Gasteiger partial charge in [-0.3, -0.25) is 4.31 Å². The van der Waals surface area contributed by atoms with Gasteiger partial charge in [-0.25, -0.2) is 4.98 Å². The molecule has 0 saturated heterocycles. The molecule has 1 aromatic carbocycles. The lowest BCUT2D eigenvalue weighted by Gasteiger charge is -2.30. The normalized spacial score (nSPS) is 15.3. The SMILES string of the molecule is Nc1cccc2c1CCCN2S(=O)(=O)c1cnc[nH]1. The number of fused-ring (bicyclic) bond motifs is 1. The highest BCUT2D eigenvalue weighted by Crippen LogP contribution is 2.34. The Morgan fingerprint density at radius 3 is 2.95 bits per heavy atom. The molecule has 0 aliphatic carbocycles. The Labute approximate surface area is 111 Å². The second-order valence-electron chi connectivity index (χ2n) is 4.44. The van der Waals surface area contributed by atoms with Gasteiger partial charge in [0.25, 0.3) is 10.0 Å². The van der Waals surface area contributed by atoms with Crippen LogP contribution >= 0.6 is 0 Å². The Morgan fingerprint density at radius 2 is 2.21 bits per heavy atom. The molecule has 6 nitrogen and oxygen atoms in total. The van der Waals surface area contributed by atoms with Crippen molar-refractivity contribution >= 4 is 21.4 Å². The highest BCUT2D eigenvalue weighted by atomic mass is 32.2. The number of nitrogens with one attached hydrogen (secondary N) is 1. The largest absolute Gasteiger partial charge is 0.398 e. The molecule has 1 aliphatic rings. The standard InChI is InChI=1S/C12H14N4O2S/c13-10-4-1-5-11-9(10)3-2-6-16(11)19(17,18)12-7-14-8-15-12/h1,4-5,7-8H,2-3,6,13H2,(H,14,15). The van der Waals surface area contributed by atoms with Crippen LogP contribution in [0.25, 0.3) is 0 Å². The number of aromatic nitrogens is 2. The Balaban J connectivity index is 2.13. The summed E-state index contributed by atoms with van der Waals surface area (Å²) in [5.41, 5.74) is 8.13. The van der Waals surface area contributed by atoms with Gasteiger partial charge in [0.2, 0.25) is 0 Å². The molecule has 2 heterocycles. The van der Waals surface area contributed by atoms with Crippen molar-refractivity contribution in [1.82, 2.24) is 9.97 Å². The molecule has 0 unspecified atom stereocenters. The van der Waals surface area contributed by atoms with Crippen LogP contribution in [0.5, 0.6) is 0 Å². The van der Waals surface area contributed by atoms with Crippen LogP contribution < -0.4 is 10.0 Å². The monoisotopic (exact) mass is 278 g/mol. The van der Waals surface area contributed by atoms with Crippen molar-refractivity contribution < 1.29 is 8.42 Å². The molecular formula is C12H14N4O2S. The minimum absolute atomic E-state index is 0.0998. The van der Waals surface area contributed by atoms with E-state index in [1.165, 1.54) is 16.8 Å². The first-order valence-electron chi connectivity index (χ1n) is 5.99. The molecule has 0 spiro atoms. The third kappa shape index (κ3) is 1.86. The maximum absolute atomic E-state index is 12.5. The molecular weight excluding hydrogens is 264 g/mol. The van der Waals surface area contributed by atoms with Crippen molar-refractivity contribution in [1.29, 1.82) is 0 Å². The average Bonchev–Trinajstić information content (AvgIpc) is 2.93. The van der Waals surface area contributed by atoms with Crippen molar-refractivity contribution in [3.8, 4) is 0 Å². The number of hydrogen-bond donors (Lipinski definition) is 2. The Hall–Kier alpha value is -2.02. The predicted molar refractivity (Wildman–Crippen MR) is 72.3 cm³/mol. The summed E-state index contributed by atoms with van der Waals surface area (Å²) in [5.74, 6) is 0. The maximum atomic E-state index is 12.5. The van der Waals surface area contributed by atoms with Crippen LogP contribution in [-0.4, -0.2) is 24.9 Å². The van der Waals surface area contributed by atoms with Gasteiger partial charge in [0, 0.05) is 12.2 Å². The molecule has 0 fully saturated rings. The number of nitrogen functional groups attached to an aromatic ring is 1. The molecule has 7 heteroatoms. The smallest absolute Gasteiger partial charge is 0.281 e. The summed E-state index contributed by atoms with van der Waals surface area (Å²) in [6.45, 7) is 0.456.